The highest BCUT2D eigenvalue weighted by atomic mass is 16.5. The number of carbonyl (C=O) groups is 1. The van der Waals surface area contributed by atoms with E-state index < -0.39 is 0 Å². The van der Waals surface area contributed by atoms with E-state index >= 15 is 0 Å². The smallest absolute Gasteiger partial charge is 0.286 e. The fourth-order valence-corrected chi connectivity index (χ4v) is 2.13. The lowest BCUT2D eigenvalue weighted by Gasteiger charge is -2.09. The van der Waals surface area contributed by atoms with Gasteiger partial charge in [0.2, 0.25) is 0 Å². The Balaban J connectivity index is 1.81. The molecule has 2 rings (SSSR count). The number of nitrogens with one attached hydrogen (secondary N) is 1. The minimum atomic E-state index is -0.189. The van der Waals surface area contributed by atoms with Crippen LogP contribution in [0.5, 0.6) is 5.75 Å². The molecule has 1 aromatic heterocycles. The molecule has 0 aliphatic carbocycles. The van der Waals surface area contributed by atoms with Crippen molar-refractivity contribution in [3.05, 3.63) is 53.5 Å². The lowest BCUT2D eigenvalue weighted by Crippen LogP contribution is -2.26. The summed E-state index contributed by atoms with van der Waals surface area (Å²) in [6.45, 7) is 3.86. The number of hydrogen-bond acceptors (Lipinski definition) is 4. The summed E-state index contributed by atoms with van der Waals surface area (Å²) in [6.07, 6.45) is 0.905. The van der Waals surface area contributed by atoms with E-state index in [0.29, 0.717) is 24.7 Å². The molecule has 2 aromatic rings. The number of benzene rings is 1. The summed E-state index contributed by atoms with van der Waals surface area (Å²) >= 11 is 0. The third-order valence-corrected chi connectivity index (χ3v) is 3.42. The lowest BCUT2D eigenvalue weighted by atomic mass is 10.2. The second-order valence-corrected chi connectivity index (χ2v) is 5.73. The van der Waals surface area contributed by atoms with Crippen molar-refractivity contribution < 1.29 is 13.9 Å². The van der Waals surface area contributed by atoms with Gasteiger partial charge in [0.25, 0.3) is 5.91 Å². The van der Waals surface area contributed by atoms with Crippen molar-refractivity contribution in [2.45, 2.75) is 20.0 Å². The van der Waals surface area contributed by atoms with Crippen LogP contribution < -0.4 is 10.1 Å². The fourth-order valence-electron chi connectivity index (χ4n) is 2.13. The average Bonchev–Trinajstić information content (AvgIpc) is 2.99. The Morgan fingerprint density at radius 3 is 2.74 bits per heavy atom. The largest absolute Gasteiger partial charge is 0.485 e. The van der Waals surface area contributed by atoms with E-state index in [1.807, 2.05) is 45.3 Å². The Hall–Kier alpha value is -2.27. The zero-order valence-corrected chi connectivity index (χ0v) is 14.0. The van der Waals surface area contributed by atoms with Crippen LogP contribution in [0.25, 0.3) is 0 Å². The van der Waals surface area contributed by atoms with Crippen molar-refractivity contribution >= 4 is 5.91 Å². The molecular weight excluding hydrogens is 292 g/mol. The van der Waals surface area contributed by atoms with Gasteiger partial charge in [0.15, 0.2) is 5.76 Å². The van der Waals surface area contributed by atoms with Crippen molar-refractivity contribution in [2.75, 3.05) is 27.2 Å². The van der Waals surface area contributed by atoms with Crippen LogP contribution in [0.15, 0.2) is 40.8 Å². The number of aryl methyl sites for hydroxylation is 1. The molecule has 23 heavy (non-hydrogen) atoms. The molecule has 0 atom stereocenters. The Kier molecular flexibility index (Phi) is 6.23. The zero-order valence-electron chi connectivity index (χ0n) is 14.0. The molecule has 0 saturated carbocycles. The Morgan fingerprint density at radius 2 is 2.00 bits per heavy atom. The minimum absolute atomic E-state index is 0.189. The molecule has 1 N–H and O–H groups in total. The van der Waals surface area contributed by atoms with Crippen LogP contribution in [0.3, 0.4) is 0 Å². The summed E-state index contributed by atoms with van der Waals surface area (Å²) in [5.41, 5.74) is 1.07. The van der Waals surface area contributed by atoms with Gasteiger partial charge in [-0.3, -0.25) is 4.79 Å². The number of nitrogens with zero attached hydrogens (tertiary/aromatic N) is 1. The van der Waals surface area contributed by atoms with Crippen molar-refractivity contribution in [1.82, 2.24) is 10.2 Å². The fraction of sp³-hybridized carbons (Fsp3) is 0.389. The van der Waals surface area contributed by atoms with Crippen LogP contribution in [-0.4, -0.2) is 38.0 Å². The third kappa shape index (κ3) is 5.45. The molecule has 0 aliphatic heterocycles. The predicted molar refractivity (Wildman–Crippen MR) is 89.7 cm³/mol. The summed E-state index contributed by atoms with van der Waals surface area (Å²) in [5.74, 6) is 1.58. The van der Waals surface area contributed by atoms with Gasteiger partial charge in [0.1, 0.15) is 18.1 Å². The molecule has 0 bridgehead atoms. The Morgan fingerprint density at radius 1 is 1.22 bits per heavy atom. The van der Waals surface area contributed by atoms with Crippen LogP contribution in [0, 0.1) is 6.92 Å². The second-order valence-electron chi connectivity index (χ2n) is 5.73. The quantitative estimate of drug-likeness (QED) is 0.761. The SMILES string of the molecule is Cc1ccccc1OCc1ccc(C(=O)NCCCN(C)C)o1. The molecule has 0 saturated heterocycles. The van der Waals surface area contributed by atoms with E-state index in [0.717, 1.165) is 24.3 Å². The van der Waals surface area contributed by atoms with Gasteiger partial charge >= 0.3 is 0 Å². The van der Waals surface area contributed by atoms with E-state index in [1.54, 1.807) is 12.1 Å². The summed E-state index contributed by atoms with van der Waals surface area (Å²) < 4.78 is 11.2. The van der Waals surface area contributed by atoms with Gasteiger partial charge in [-0.1, -0.05) is 18.2 Å². The van der Waals surface area contributed by atoms with Gasteiger partial charge in [0, 0.05) is 6.54 Å². The monoisotopic (exact) mass is 316 g/mol. The molecule has 1 heterocycles. The summed E-state index contributed by atoms with van der Waals surface area (Å²) in [6, 6.07) is 11.2. The van der Waals surface area contributed by atoms with Crippen LogP contribution in [0.1, 0.15) is 28.3 Å². The number of hydrogen-bond donors (Lipinski definition) is 1. The molecule has 0 fully saturated rings. The molecule has 1 amide bonds. The first kappa shape index (κ1) is 17.1. The molecule has 0 aliphatic rings. The van der Waals surface area contributed by atoms with Gasteiger partial charge in [-0.25, -0.2) is 0 Å². The number of rotatable bonds is 8. The molecule has 0 unspecified atom stereocenters. The highest BCUT2D eigenvalue weighted by Crippen LogP contribution is 2.18. The number of furan rings is 1. The van der Waals surface area contributed by atoms with Crippen molar-refractivity contribution in [3.63, 3.8) is 0 Å². The predicted octanol–water partition coefficient (Wildman–Crippen LogP) is 2.85. The van der Waals surface area contributed by atoms with Crippen molar-refractivity contribution in [2.24, 2.45) is 0 Å². The Labute approximate surface area is 137 Å². The lowest BCUT2D eigenvalue weighted by molar-refractivity contribution is 0.0920. The zero-order chi connectivity index (χ0) is 16.7. The van der Waals surface area contributed by atoms with E-state index in [2.05, 4.69) is 10.2 Å². The normalized spacial score (nSPS) is 10.8. The number of carbonyl (C=O) groups excluding carboxylic acids is 1. The molecule has 0 spiro atoms. The van der Waals surface area contributed by atoms with Gasteiger partial charge in [-0.15, -0.1) is 0 Å². The number of amides is 1. The maximum absolute atomic E-state index is 12.0. The molecule has 0 radical (unpaired) electrons. The highest BCUT2D eigenvalue weighted by Gasteiger charge is 2.11. The first-order valence-electron chi connectivity index (χ1n) is 7.76. The second kappa shape index (κ2) is 8.39. The first-order valence-corrected chi connectivity index (χ1v) is 7.76. The van der Waals surface area contributed by atoms with E-state index in [4.69, 9.17) is 9.15 Å². The van der Waals surface area contributed by atoms with E-state index in [9.17, 15) is 4.79 Å². The topological polar surface area (TPSA) is 54.7 Å². The average molecular weight is 316 g/mol. The van der Waals surface area contributed by atoms with Crippen LogP contribution in [0.2, 0.25) is 0 Å². The van der Waals surface area contributed by atoms with Gasteiger partial charge in [-0.05, 0) is 57.7 Å². The van der Waals surface area contributed by atoms with Crippen molar-refractivity contribution in [3.8, 4) is 5.75 Å². The maximum atomic E-state index is 12.0. The first-order chi connectivity index (χ1) is 11.1. The maximum Gasteiger partial charge on any atom is 0.286 e. The highest BCUT2D eigenvalue weighted by molar-refractivity contribution is 5.91. The molecule has 124 valence electrons. The van der Waals surface area contributed by atoms with Crippen LogP contribution in [-0.2, 0) is 6.61 Å². The van der Waals surface area contributed by atoms with Gasteiger partial charge in [0.05, 0.1) is 0 Å². The summed E-state index contributed by atoms with van der Waals surface area (Å²) in [7, 11) is 4.02. The van der Waals surface area contributed by atoms with Crippen LogP contribution >= 0.6 is 0 Å². The van der Waals surface area contributed by atoms with Crippen molar-refractivity contribution in [1.29, 1.82) is 0 Å². The molecule has 1 aromatic carbocycles. The molecule has 5 nitrogen and oxygen atoms in total. The third-order valence-electron chi connectivity index (χ3n) is 3.42. The molecular formula is C18H24N2O3. The molecule has 5 heteroatoms. The number of ether oxygens (including phenoxy) is 1. The standard InChI is InChI=1S/C18H24N2O3/c1-14-7-4-5-8-16(14)22-13-15-9-10-17(23-15)18(21)19-11-6-12-20(2)3/h4-5,7-10H,6,11-13H2,1-3H3,(H,19,21). The summed E-state index contributed by atoms with van der Waals surface area (Å²) in [5, 5.41) is 2.85. The minimum Gasteiger partial charge on any atom is -0.485 e. The van der Waals surface area contributed by atoms with Gasteiger partial charge < -0.3 is 19.4 Å². The Bertz CT molecular complexity index is 635. The van der Waals surface area contributed by atoms with Crippen LogP contribution in [0.4, 0.5) is 0 Å². The summed E-state index contributed by atoms with van der Waals surface area (Å²) in [4.78, 5) is 14.1. The van der Waals surface area contributed by atoms with E-state index in [-0.39, 0.29) is 5.91 Å². The number of para-hydroxylation sites is 1. The van der Waals surface area contributed by atoms with E-state index in [1.165, 1.54) is 0 Å². The van der Waals surface area contributed by atoms with Gasteiger partial charge in [-0.2, -0.15) is 0 Å².